The van der Waals surface area contributed by atoms with Crippen LogP contribution in [-0.4, -0.2) is 42.2 Å². The molecule has 0 amide bonds. The Balaban J connectivity index is 1.60. The van der Waals surface area contributed by atoms with Crippen molar-refractivity contribution in [2.24, 2.45) is 0 Å². The van der Waals surface area contributed by atoms with E-state index in [9.17, 15) is 18.0 Å². The van der Waals surface area contributed by atoms with Gasteiger partial charge in [-0.05, 0) is 53.8 Å². The molecule has 0 fully saturated rings. The number of ether oxygens (including phenoxy) is 1. The lowest BCUT2D eigenvalue weighted by Gasteiger charge is -2.16. The van der Waals surface area contributed by atoms with Crippen molar-refractivity contribution in [3.8, 4) is 5.75 Å². The van der Waals surface area contributed by atoms with E-state index in [4.69, 9.17) is 9.84 Å². The predicted octanol–water partition coefficient (Wildman–Crippen LogP) is 4.28. The Morgan fingerprint density at radius 1 is 1.10 bits per heavy atom. The number of benzene rings is 2. The van der Waals surface area contributed by atoms with E-state index in [-0.39, 0.29) is 13.2 Å². The number of hydrogen-bond acceptors (Lipinski definition) is 3. The molecule has 0 radical (unpaired) electrons. The van der Waals surface area contributed by atoms with Crippen molar-refractivity contribution in [2.45, 2.75) is 19.0 Å². The predicted molar refractivity (Wildman–Crippen MR) is 104 cm³/mol. The summed E-state index contributed by atoms with van der Waals surface area (Å²) in [5.74, 6) is -0.0717. The van der Waals surface area contributed by atoms with Gasteiger partial charge in [0, 0.05) is 13.1 Å². The molecule has 0 aliphatic carbocycles. The summed E-state index contributed by atoms with van der Waals surface area (Å²) in [6.07, 6.45) is 0.616. The van der Waals surface area contributed by atoms with Crippen LogP contribution in [0.4, 0.5) is 13.2 Å². The second-order valence-corrected chi connectivity index (χ2v) is 6.90. The number of carbonyl (C=O) groups is 1. The van der Waals surface area contributed by atoms with Gasteiger partial charge in [0.2, 0.25) is 0 Å². The van der Waals surface area contributed by atoms with Gasteiger partial charge in [0.05, 0.1) is 12.1 Å². The molecule has 154 valence electrons. The summed E-state index contributed by atoms with van der Waals surface area (Å²) < 4.78 is 43.7. The maximum Gasteiger partial charge on any atom is 0.416 e. The van der Waals surface area contributed by atoms with Gasteiger partial charge in [0.15, 0.2) is 0 Å². The average Bonchev–Trinajstić information content (AvgIpc) is 2.87. The standard InChI is InChI=1S/C22H22F3NO3/c23-22(24,25)18-8-6-16(7-9-18)3-2-14-29-20-5-1-4-17-10-12-26(15-21(27)28)13-11-19(17)20/h1-9H,10-15H2,(H,27,28)/b3-2+. The van der Waals surface area contributed by atoms with Gasteiger partial charge in [-0.2, -0.15) is 13.2 Å². The third-order valence-electron chi connectivity index (χ3n) is 4.85. The fourth-order valence-corrected chi connectivity index (χ4v) is 3.38. The number of hydrogen-bond donors (Lipinski definition) is 1. The molecule has 2 aromatic rings. The largest absolute Gasteiger partial charge is 0.489 e. The Kier molecular flexibility index (Phi) is 6.59. The fraction of sp³-hybridized carbons (Fsp3) is 0.318. The Morgan fingerprint density at radius 2 is 1.83 bits per heavy atom. The highest BCUT2D eigenvalue weighted by Gasteiger charge is 2.29. The molecule has 0 aromatic heterocycles. The Bertz CT molecular complexity index is 876. The number of fused-ring (bicyclic) bond motifs is 1. The molecule has 0 bridgehead atoms. The van der Waals surface area contributed by atoms with E-state index in [1.165, 1.54) is 12.1 Å². The number of aliphatic carboxylic acids is 1. The van der Waals surface area contributed by atoms with Crippen LogP contribution in [0, 0.1) is 0 Å². The lowest BCUT2D eigenvalue weighted by molar-refractivity contribution is -0.138. The topological polar surface area (TPSA) is 49.8 Å². The van der Waals surface area contributed by atoms with Crippen LogP contribution in [0.3, 0.4) is 0 Å². The van der Waals surface area contributed by atoms with Crippen molar-refractivity contribution in [3.05, 3.63) is 70.8 Å². The molecule has 7 heteroatoms. The molecule has 0 saturated heterocycles. The number of carboxylic acid groups (broad SMARTS) is 1. The molecule has 0 spiro atoms. The van der Waals surface area contributed by atoms with Gasteiger partial charge in [0.1, 0.15) is 12.4 Å². The smallest absolute Gasteiger partial charge is 0.416 e. The molecule has 1 aliphatic rings. The van der Waals surface area contributed by atoms with Crippen LogP contribution in [-0.2, 0) is 23.8 Å². The molecular weight excluding hydrogens is 383 g/mol. The van der Waals surface area contributed by atoms with Crippen molar-refractivity contribution in [1.82, 2.24) is 4.90 Å². The molecule has 29 heavy (non-hydrogen) atoms. The molecule has 0 unspecified atom stereocenters. The third-order valence-corrected chi connectivity index (χ3v) is 4.85. The first kappa shape index (κ1) is 20.9. The van der Waals surface area contributed by atoms with E-state index in [1.54, 1.807) is 12.2 Å². The number of alkyl halides is 3. The molecular formula is C22H22F3NO3. The second-order valence-electron chi connectivity index (χ2n) is 6.90. The minimum absolute atomic E-state index is 0.0278. The number of carboxylic acids is 1. The molecule has 0 atom stereocenters. The number of nitrogens with zero attached hydrogens (tertiary/aromatic N) is 1. The second kappa shape index (κ2) is 9.13. The summed E-state index contributed by atoms with van der Waals surface area (Å²) in [5, 5.41) is 8.99. The Labute approximate surface area is 167 Å². The maximum atomic E-state index is 12.6. The van der Waals surface area contributed by atoms with Crippen LogP contribution in [0.5, 0.6) is 5.75 Å². The third kappa shape index (κ3) is 5.84. The summed E-state index contributed by atoms with van der Waals surface area (Å²) >= 11 is 0. The van der Waals surface area contributed by atoms with Crippen LogP contribution < -0.4 is 4.74 Å². The highest BCUT2D eigenvalue weighted by molar-refractivity contribution is 5.69. The Hall–Kier alpha value is -2.80. The molecule has 4 nitrogen and oxygen atoms in total. The zero-order chi connectivity index (χ0) is 20.9. The van der Waals surface area contributed by atoms with Crippen molar-refractivity contribution in [2.75, 3.05) is 26.2 Å². The SMILES string of the molecule is O=C(O)CN1CCc2cccc(OC/C=C/c3ccc(C(F)(F)F)cc3)c2CC1. The van der Waals surface area contributed by atoms with E-state index in [0.29, 0.717) is 25.1 Å². The lowest BCUT2D eigenvalue weighted by atomic mass is 10.0. The van der Waals surface area contributed by atoms with E-state index in [1.807, 2.05) is 23.1 Å². The average molecular weight is 405 g/mol. The first-order valence-electron chi connectivity index (χ1n) is 9.34. The van der Waals surface area contributed by atoms with Gasteiger partial charge < -0.3 is 9.84 Å². The van der Waals surface area contributed by atoms with E-state index in [2.05, 4.69) is 0 Å². The number of halogens is 3. The zero-order valence-electron chi connectivity index (χ0n) is 15.8. The highest BCUT2D eigenvalue weighted by Crippen LogP contribution is 2.29. The Morgan fingerprint density at radius 3 is 2.52 bits per heavy atom. The lowest BCUT2D eigenvalue weighted by Crippen LogP contribution is -2.31. The maximum absolute atomic E-state index is 12.6. The quantitative estimate of drug-likeness (QED) is 0.779. The van der Waals surface area contributed by atoms with Gasteiger partial charge in [-0.25, -0.2) is 0 Å². The highest BCUT2D eigenvalue weighted by atomic mass is 19.4. The summed E-state index contributed by atoms with van der Waals surface area (Å²) in [6, 6.07) is 10.8. The fourth-order valence-electron chi connectivity index (χ4n) is 3.38. The van der Waals surface area contributed by atoms with Crippen molar-refractivity contribution in [1.29, 1.82) is 0 Å². The van der Waals surface area contributed by atoms with Crippen LogP contribution in [0.1, 0.15) is 22.3 Å². The van der Waals surface area contributed by atoms with Crippen molar-refractivity contribution in [3.63, 3.8) is 0 Å². The number of rotatable bonds is 6. The van der Waals surface area contributed by atoms with Crippen molar-refractivity contribution < 1.29 is 27.8 Å². The minimum atomic E-state index is -4.34. The molecule has 2 aromatic carbocycles. The molecule has 0 saturated carbocycles. The van der Waals surface area contributed by atoms with Crippen LogP contribution in [0.25, 0.3) is 6.08 Å². The molecule has 1 heterocycles. The first-order valence-corrected chi connectivity index (χ1v) is 9.34. The summed E-state index contributed by atoms with van der Waals surface area (Å²) in [5.41, 5.74) is 2.23. The van der Waals surface area contributed by atoms with Crippen molar-refractivity contribution >= 4 is 12.0 Å². The molecule has 1 aliphatic heterocycles. The van der Waals surface area contributed by atoms with Crippen LogP contribution >= 0.6 is 0 Å². The zero-order valence-corrected chi connectivity index (χ0v) is 15.8. The van der Waals surface area contributed by atoms with Crippen LogP contribution in [0.2, 0.25) is 0 Å². The molecule has 1 N–H and O–H groups in total. The minimum Gasteiger partial charge on any atom is -0.489 e. The van der Waals surface area contributed by atoms with E-state index in [0.717, 1.165) is 35.4 Å². The van der Waals surface area contributed by atoms with E-state index < -0.39 is 17.7 Å². The van der Waals surface area contributed by atoms with E-state index >= 15 is 0 Å². The van der Waals surface area contributed by atoms with Gasteiger partial charge in [0.25, 0.3) is 0 Å². The molecule has 3 rings (SSSR count). The first-order chi connectivity index (χ1) is 13.8. The summed E-state index contributed by atoms with van der Waals surface area (Å²) in [4.78, 5) is 12.9. The van der Waals surface area contributed by atoms with Gasteiger partial charge in [-0.1, -0.05) is 30.3 Å². The summed E-state index contributed by atoms with van der Waals surface area (Å²) in [6.45, 7) is 1.66. The monoisotopic (exact) mass is 405 g/mol. The van der Waals surface area contributed by atoms with Gasteiger partial charge in [-0.3, -0.25) is 9.69 Å². The van der Waals surface area contributed by atoms with Crippen LogP contribution in [0.15, 0.2) is 48.5 Å². The summed E-state index contributed by atoms with van der Waals surface area (Å²) in [7, 11) is 0. The normalized spacial score (nSPS) is 15.1. The van der Waals surface area contributed by atoms with Gasteiger partial charge >= 0.3 is 12.1 Å². The van der Waals surface area contributed by atoms with Gasteiger partial charge in [-0.15, -0.1) is 0 Å².